The third-order valence-electron chi connectivity index (χ3n) is 5.56. The van der Waals surface area contributed by atoms with Crippen LogP contribution in [0.1, 0.15) is 47.9 Å². The summed E-state index contributed by atoms with van der Waals surface area (Å²) >= 11 is 0. The molecule has 10 heteroatoms. The molecule has 0 spiro atoms. The van der Waals surface area contributed by atoms with Crippen LogP contribution in [0, 0.1) is 6.92 Å². The molecular formula is C21H20F6O3S. The number of hydrogen-bond acceptors (Lipinski definition) is 3. The Labute approximate surface area is 176 Å². The van der Waals surface area contributed by atoms with E-state index in [2.05, 4.69) is 0 Å². The molecule has 0 aromatic heterocycles. The fourth-order valence-corrected chi connectivity index (χ4v) is 4.78. The van der Waals surface area contributed by atoms with Crippen LogP contribution in [0.15, 0.2) is 47.4 Å². The first-order valence-electron chi connectivity index (χ1n) is 9.49. The van der Waals surface area contributed by atoms with Crippen LogP contribution in [-0.4, -0.2) is 15.0 Å². The van der Waals surface area contributed by atoms with Crippen LogP contribution in [-0.2, 0) is 32.1 Å². The van der Waals surface area contributed by atoms with Crippen molar-refractivity contribution in [3.63, 3.8) is 0 Å². The summed E-state index contributed by atoms with van der Waals surface area (Å²) in [6, 6.07) is 7.19. The zero-order chi connectivity index (χ0) is 23.1. The van der Waals surface area contributed by atoms with Gasteiger partial charge in [-0.15, -0.1) is 0 Å². The van der Waals surface area contributed by atoms with Crippen molar-refractivity contribution in [2.45, 2.75) is 55.3 Å². The van der Waals surface area contributed by atoms with Gasteiger partial charge in [-0.25, -0.2) is 0 Å². The lowest BCUT2D eigenvalue weighted by Gasteiger charge is -2.30. The van der Waals surface area contributed by atoms with Gasteiger partial charge in [-0.2, -0.15) is 34.8 Å². The molecule has 0 heterocycles. The van der Waals surface area contributed by atoms with Gasteiger partial charge in [0.2, 0.25) is 0 Å². The van der Waals surface area contributed by atoms with E-state index in [1.807, 2.05) is 0 Å². The first-order chi connectivity index (χ1) is 14.2. The number of hydrogen-bond donors (Lipinski definition) is 0. The van der Waals surface area contributed by atoms with Crippen molar-refractivity contribution >= 4 is 10.1 Å². The molecule has 1 aliphatic carbocycles. The van der Waals surface area contributed by atoms with Gasteiger partial charge in [0, 0.05) is 5.41 Å². The summed E-state index contributed by atoms with van der Waals surface area (Å²) in [6.45, 7) is 1.22. The predicted molar refractivity (Wildman–Crippen MR) is 101 cm³/mol. The molecule has 1 saturated carbocycles. The minimum absolute atomic E-state index is 0.0655. The molecule has 0 amide bonds. The predicted octanol–water partition coefficient (Wildman–Crippen LogP) is 6.25. The monoisotopic (exact) mass is 466 g/mol. The van der Waals surface area contributed by atoms with Crippen molar-refractivity contribution in [2.75, 3.05) is 6.61 Å². The summed E-state index contributed by atoms with van der Waals surface area (Å²) in [4.78, 5) is -0.133. The number of rotatable bonds is 5. The van der Waals surface area contributed by atoms with Gasteiger partial charge in [-0.3, -0.25) is 4.18 Å². The maximum Gasteiger partial charge on any atom is 0.416 e. The van der Waals surface area contributed by atoms with Crippen molar-refractivity contribution < 1.29 is 38.9 Å². The van der Waals surface area contributed by atoms with Crippen LogP contribution >= 0.6 is 0 Å². The molecule has 0 bridgehead atoms. The molecule has 0 aliphatic heterocycles. The average molecular weight is 466 g/mol. The highest BCUT2D eigenvalue weighted by molar-refractivity contribution is 7.86. The lowest BCUT2D eigenvalue weighted by Crippen LogP contribution is -2.31. The minimum Gasteiger partial charge on any atom is -0.265 e. The van der Waals surface area contributed by atoms with Crippen molar-refractivity contribution in [1.82, 2.24) is 0 Å². The average Bonchev–Trinajstić information content (AvgIpc) is 3.15. The summed E-state index contributed by atoms with van der Waals surface area (Å²) in [5.74, 6) is 0. The lowest BCUT2D eigenvalue weighted by molar-refractivity contribution is -0.143. The van der Waals surface area contributed by atoms with E-state index in [-0.39, 0.29) is 29.4 Å². The van der Waals surface area contributed by atoms with Gasteiger partial charge in [0.15, 0.2) is 0 Å². The molecule has 2 aromatic carbocycles. The smallest absolute Gasteiger partial charge is 0.265 e. The molecule has 2 aromatic rings. The van der Waals surface area contributed by atoms with Crippen molar-refractivity contribution in [2.24, 2.45) is 0 Å². The molecule has 1 fully saturated rings. The van der Waals surface area contributed by atoms with Crippen LogP contribution in [0.2, 0.25) is 0 Å². The topological polar surface area (TPSA) is 43.4 Å². The van der Waals surface area contributed by atoms with Gasteiger partial charge in [-0.05, 0) is 55.7 Å². The van der Waals surface area contributed by atoms with Crippen molar-refractivity contribution in [3.8, 4) is 0 Å². The second-order valence-corrected chi connectivity index (χ2v) is 9.43. The Kier molecular flexibility index (Phi) is 6.18. The van der Waals surface area contributed by atoms with E-state index in [4.69, 9.17) is 4.18 Å². The molecule has 170 valence electrons. The van der Waals surface area contributed by atoms with E-state index in [0.717, 1.165) is 5.56 Å². The van der Waals surface area contributed by atoms with Gasteiger partial charge in [0.05, 0.1) is 22.6 Å². The maximum atomic E-state index is 13.3. The third-order valence-corrected chi connectivity index (χ3v) is 6.84. The molecular weight excluding hydrogens is 446 g/mol. The first kappa shape index (κ1) is 23.6. The summed E-state index contributed by atoms with van der Waals surface area (Å²) in [7, 11) is -4.23. The van der Waals surface area contributed by atoms with E-state index in [0.29, 0.717) is 25.0 Å². The van der Waals surface area contributed by atoms with Gasteiger partial charge in [0.25, 0.3) is 10.1 Å². The molecule has 1 aliphatic rings. The summed E-state index contributed by atoms with van der Waals surface area (Å²) in [5.41, 5.74) is -3.52. The van der Waals surface area contributed by atoms with Crippen molar-refractivity contribution in [1.29, 1.82) is 0 Å². The summed E-state index contributed by atoms with van der Waals surface area (Å²) < 4.78 is 110. The Morgan fingerprint density at radius 1 is 0.871 bits per heavy atom. The second kappa shape index (κ2) is 8.12. The van der Waals surface area contributed by atoms with Crippen LogP contribution in [0.5, 0.6) is 0 Å². The maximum absolute atomic E-state index is 13.3. The van der Waals surface area contributed by atoms with Crippen LogP contribution in [0.3, 0.4) is 0 Å². The Morgan fingerprint density at radius 2 is 1.35 bits per heavy atom. The Bertz CT molecular complexity index is 1000. The molecule has 3 rings (SSSR count). The molecule has 0 atom stereocenters. The SMILES string of the molecule is Cc1ccc(S(=O)(=O)OCC2(c3cc(C(F)(F)F)cc(C(F)(F)F)c3)CCCC2)cc1. The van der Waals surface area contributed by atoms with E-state index in [1.54, 1.807) is 19.1 Å². The van der Waals surface area contributed by atoms with Crippen LogP contribution in [0.4, 0.5) is 26.3 Å². The molecule has 0 radical (unpaired) electrons. The van der Waals surface area contributed by atoms with E-state index in [9.17, 15) is 34.8 Å². The second-order valence-electron chi connectivity index (χ2n) is 7.81. The molecule has 3 nitrogen and oxygen atoms in total. The van der Waals surface area contributed by atoms with Gasteiger partial charge >= 0.3 is 12.4 Å². The molecule has 0 saturated heterocycles. The lowest BCUT2D eigenvalue weighted by atomic mass is 9.78. The highest BCUT2D eigenvalue weighted by atomic mass is 32.2. The van der Waals surface area contributed by atoms with E-state index < -0.39 is 45.6 Å². The number of benzene rings is 2. The minimum atomic E-state index is -4.98. The molecule has 31 heavy (non-hydrogen) atoms. The highest BCUT2D eigenvalue weighted by Gasteiger charge is 2.43. The zero-order valence-corrected chi connectivity index (χ0v) is 17.3. The summed E-state index contributed by atoms with van der Waals surface area (Å²) in [5, 5.41) is 0. The Hall–Kier alpha value is -2.07. The normalized spacial score (nSPS) is 17.1. The Morgan fingerprint density at radius 3 is 1.81 bits per heavy atom. The Balaban J connectivity index is 2.00. The van der Waals surface area contributed by atoms with Crippen molar-refractivity contribution in [3.05, 3.63) is 64.7 Å². The number of aryl methyl sites for hydroxylation is 1. The number of halogens is 6. The van der Waals surface area contributed by atoms with Gasteiger partial charge < -0.3 is 0 Å². The quantitative estimate of drug-likeness (QED) is 0.387. The van der Waals surface area contributed by atoms with Crippen LogP contribution in [0.25, 0.3) is 0 Å². The largest absolute Gasteiger partial charge is 0.416 e. The van der Waals surface area contributed by atoms with Crippen LogP contribution < -0.4 is 0 Å². The highest BCUT2D eigenvalue weighted by Crippen LogP contribution is 2.45. The first-order valence-corrected chi connectivity index (χ1v) is 10.9. The van der Waals surface area contributed by atoms with Gasteiger partial charge in [-0.1, -0.05) is 30.5 Å². The molecule has 0 N–H and O–H groups in total. The fourth-order valence-electron chi connectivity index (χ4n) is 3.79. The van der Waals surface area contributed by atoms with Gasteiger partial charge in [0.1, 0.15) is 0 Å². The zero-order valence-electron chi connectivity index (χ0n) is 16.5. The van der Waals surface area contributed by atoms with E-state index >= 15 is 0 Å². The standard InChI is InChI=1S/C21H20F6O3S/c1-14-4-6-18(7-5-14)31(28,29)30-13-19(8-2-3-9-19)15-10-16(20(22,23)24)12-17(11-15)21(25,26)27/h4-7,10-12H,2-3,8-9,13H2,1H3. The summed E-state index contributed by atoms with van der Waals surface area (Å²) in [6.07, 6.45) is -8.46. The van der Waals surface area contributed by atoms with E-state index in [1.165, 1.54) is 12.1 Å². The molecule has 0 unspecified atom stereocenters. The third kappa shape index (κ3) is 5.23. The number of alkyl halides is 6. The fraction of sp³-hybridized carbons (Fsp3) is 0.429.